The number of hydrogen-bond donors (Lipinski definition) is 0. The van der Waals surface area contributed by atoms with Crippen LogP contribution in [0.2, 0.25) is 0 Å². The molecular weight excluding hydrogens is 334 g/mol. The van der Waals surface area contributed by atoms with Gasteiger partial charge in [-0.1, -0.05) is 41.7 Å². The standard InChI is InChI=1S/C18H21N5OS/c1-13-16-17(21(2)20-13)19-18(25-16)23-11-10-22(15(24)12-23)9-8-14-6-4-3-5-7-14/h3-7H,8-12H2,1-2H3. The van der Waals surface area contributed by atoms with E-state index in [1.807, 2.05) is 41.8 Å². The molecule has 0 aliphatic carbocycles. The highest BCUT2D eigenvalue weighted by Gasteiger charge is 2.26. The Morgan fingerprint density at radius 1 is 1.20 bits per heavy atom. The Kier molecular flexibility index (Phi) is 4.17. The van der Waals surface area contributed by atoms with Gasteiger partial charge in [-0.15, -0.1) is 0 Å². The molecule has 0 unspecified atom stereocenters. The average molecular weight is 355 g/mol. The second-order valence-electron chi connectivity index (χ2n) is 6.40. The Balaban J connectivity index is 1.42. The van der Waals surface area contributed by atoms with Crippen molar-refractivity contribution >= 4 is 32.7 Å². The predicted octanol–water partition coefficient (Wildman–Crippen LogP) is 2.23. The van der Waals surface area contributed by atoms with Crippen molar-refractivity contribution in [3.8, 4) is 0 Å². The van der Waals surface area contributed by atoms with E-state index in [-0.39, 0.29) is 5.91 Å². The maximum Gasteiger partial charge on any atom is 0.242 e. The predicted molar refractivity (Wildman–Crippen MR) is 100 cm³/mol. The van der Waals surface area contributed by atoms with Gasteiger partial charge in [-0.05, 0) is 18.9 Å². The van der Waals surface area contributed by atoms with Crippen LogP contribution < -0.4 is 4.90 Å². The molecule has 0 spiro atoms. The first kappa shape index (κ1) is 16.1. The normalized spacial score (nSPS) is 15.4. The smallest absolute Gasteiger partial charge is 0.242 e. The number of hydrogen-bond acceptors (Lipinski definition) is 5. The fourth-order valence-corrected chi connectivity index (χ4v) is 4.28. The topological polar surface area (TPSA) is 54.3 Å². The van der Waals surface area contributed by atoms with Gasteiger partial charge in [0.15, 0.2) is 10.8 Å². The van der Waals surface area contributed by atoms with Crippen LogP contribution in [0.3, 0.4) is 0 Å². The largest absolute Gasteiger partial charge is 0.339 e. The molecular formula is C18H21N5OS. The van der Waals surface area contributed by atoms with Crippen molar-refractivity contribution in [3.63, 3.8) is 0 Å². The lowest BCUT2D eigenvalue weighted by molar-refractivity contribution is -0.130. The second kappa shape index (κ2) is 6.48. The molecule has 0 bridgehead atoms. The zero-order valence-corrected chi connectivity index (χ0v) is 15.3. The molecule has 1 aliphatic rings. The molecule has 0 atom stereocenters. The molecule has 3 heterocycles. The van der Waals surface area contributed by atoms with E-state index in [9.17, 15) is 4.79 Å². The fraction of sp³-hybridized carbons (Fsp3) is 0.389. The van der Waals surface area contributed by atoms with Crippen LogP contribution >= 0.6 is 11.3 Å². The third-order valence-electron chi connectivity index (χ3n) is 4.64. The lowest BCUT2D eigenvalue weighted by Crippen LogP contribution is -2.51. The number of benzene rings is 1. The molecule has 3 aromatic rings. The molecule has 1 aliphatic heterocycles. The summed E-state index contributed by atoms with van der Waals surface area (Å²) in [5.74, 6) is 0.177. The number of thiazole rings is 1. The van der Waals surface area contributed by atoms with Gasteiger partial charge in [0, 0.05) is 26.7 Å². The van der Waals surface area contributed by atoms with E-state index in [2.05, 4.69) is 27.1 Å². The highest BCUT2D eigenvalue weighted by Crippen LogP contribution is 2.31. The van der Waals surface area contributed by atoms with Crippen LogP contribution in [0, 0.1) is 6.92 Å². The third kappa shape index (κ3) is 3.11. The quantitative estimate of drug-likeness (QED) is 0.720. The van der Waals surface area contributed by atoms with Crippen molar-refractivity contribution in [1.82, 2.24) is 19.7 Å². The molecule has 0 saturated carbocycles. The third-order valence-corrected chi connectivity index (χ3v) is 5.85. The first-order chi connectivity index (χ1) is 12.1. The van der Waals surface area contributed by atoms with Crippen LogP contribution in [0.1, 0.15) is 11.3 Å². The SMILES string of the molecule is Cc1nn(C)c2nc(N3CCN(CCc4ccccc4)C(=O)C3)sc12. The number of carbonyl (C=O) groups excluding carboxylic acids is 1. The summed E-state index contributed by atoms with van der Waals surface area (Å²) in [5.41, 5.74) is 3.16. The minimum absolute atomic E-state index is 0.177. The molecule has 1 amide bonds. The highest BCUT2D eigenvalue weighted by atomic mass is 32.1. The number of nitrogens with zero attached hydrogens (tertiary/aromatic N) is 5. The first-order valence-corrected chi connectivity index (χ1v) is 9.30. The Labute approximate surface area is 150 Å². The number of amides is 1. The van der Waals surface area contributed by atoms with Crippen molar-refractivity contribution in [3.05, 3.63) is 41.6 Å². The zero-order chi connectivity index (χ0) is 17.4. The first-order valence-electron chi connectivity index (χ1n) is 8.48. The van der Waals surface area contributed by atoms with Gasteiger partial charge in [0.1, 0.15) is 0 Å². The summed E-state index contributed by atoms with van der Waals surface area (Å²) in [6.45, 7) is 4.75. The van der Waals surface area contributed by atoms with E-state index in [1.165, 1.54) is 5.56 Å². The molecule has 6 nitrogen and oxygen atoms in total. The van der Waals surface area contributed by atoms with Gasteiger partial charge in [0.05, 0.1) is 16.9 Å². The fourth-order valence-electron chi connectivity index (χ4n) is 3.23. The van der Waals surface area contributed by atoms with Gasteiger partial charge in [-0.25, -0.2) is 9.67 Å². The lowest BCUT2D eigenvalue weighted by Gasteiger charge is -2.34. The Hall–Kier alpha value is -2.41. The van der Waals surface area contributed by atoms with E-state index in [0.717, 1.165) is 47.2 Å². The molecule has 7 heteroatoms. The molecule has 1 fully saturated rings. The summed E-state index contributed by atoms with van der Waals surface area (Å²) in [7, 11) is 1.91. The number of aryl methyl sites for hydroxylation is 2. The summed E-state index contributed by atoms with van der Waals surface area (Å²) in [4.78, 5) is 21.3. The average Bonchev–Trinajstić information content (AvgIpc) is 3.17. The van der Waals surface area contributed by atoms with E-state index in [0.29, 0.717) is 6.54 Å². The Morgan fingerprint density at radius 2 is 2.00 bits per heavy atom. The lowest BCUT2D eigenvalue weighted by atomic mass is 10.1. The number of anilines is 1. The monoisotopic (exact) mass is 355 g/mol. The zero-order valence-electron chi connectivity index (χ0n) is 14.5. The molecule has 25 heavy (non-hydrogen) atoms. The Morgan fingerprint density at radius 3 is 2.72 bits per heavy atom. The van der Waals surface area contributed by atoms with Crippen molar-refractivity contribution in [2.45, 2.75) is 13.3 Å². The van der Waals surface area contributed by atoms with Crippen molar-refractivity contribution in [2.24, 2.45) is 7.05 Å². The van der Waals surface area contributed by atoms with E-state index >= 15 is 0 Å². The second-order valence-corrected chi connectivity index (χ2v) is 7.37. The van der Waals surface area contributed by atoms with Crippen LogP contribution in [-0.2, 0) is 18.3 Å². The number of rotatable bonds is 4. The molecule has 4 rings (SSSR count). The molecule has 0 radical (unpaired) electrons. The van der Waals surface area contributed by atoms with Crippen molar-refractivity contribution in [2.75, 3.05) is 31.1 Å². The molecule has 130 valence electrons. The van der Waals surface area contributed by atoms with Gasteiger partial charge in [-0.2, -0.15) is 5.10 Å². The number of fused-ring (bicyclic) bond motifs is 1. The van der Waals surface area contributed by atoms with E-state index in [4.69, 9.17) is 0 Å². The molecule has 1 aromatic carbocycles. The van der Waals surface area contributed by atoms with Crippen LogP contribution in [-0.4, -0.2) is 51.8 Å². The molecule has 2 aromatic heterocycles. The summed E-state index contributed by atoms with van der Waals surface area (Å²) >= 11 is 1.63. The summed E-state index contributed by atoms with van der Waals surface area (Å²) in [6.07, 6.45) is 0.901. The minimum atomic E-state index is 0.177. The van der Waals surface area contributed by atoms with Crippen LogP contribution in [0.4, 0.5) is 5.13 Å². The maximum absolute atomic E-state index is 12.5. The van der Waals surface area contributed by atoms with Crippen LogP contribution in [0.5, 0.6) is 0 Å². The van der Waals surface area contributed by atoms with Crippen LogP contribution in [0.25, 0.3) is 10.3 Å². The molecule has 0 N–H and O–H groups in total. The minimum Gasteiger partial charge on any atom is -0.339 e. The summed E-state index contributed by atoms with van der Waals surface area (Å²) < 4.78 is 2.92. The Bertz CT molecular complexity index is 866. The number of carbonyl (C=O) groups is 1. The van der Waals surface area contributed by atoms with E-state index in [1.54, 1.807) is 11.3 Å². The van der Waals surface area contributed by atoms with Gasteiger partial charge >= 0.3 is 0 Å². The summed E-state index contributed by atoms with van der Waals surface area (Å²) in [5, 5.41) is 5.31. The van der Waals surface area contributed by atoms with Crippen molar-refractivity contribution in [1.29, 1.82) is 0 Å². The summed E-state index contributed by atoms with van der Waals surface area (Å²) in [6, 6.07) is 10.3. The molecule has 1 saturated heterocycles. The number of aromatic nitrogens is 3. The van der Waals surface area contributed by atoms with Crippen molar-refractivity contribution < 1.29 is 4.79 Å². The van der Waals surface area contributed by atoms with E-state index < -0.39 is 0 Å². The van der Waals surface area contributed by atoms with Gasteiger partial charge in [-0.3, -0.25) is 4.79 Å². The van der Waals surface area contributed by atoms with Gasteiger partial charge in [0.25, 0.3) is 0 Å². The maximum atomic E-state index is 12.5. The van der Waals surface area contributed by atoms with Crippen LogP contribution in [0.15, 0.2) is 30.3 Å². The number of piperazine rings is 1. The highest BCUT2D eigenvalue weighted by molar-refractivity contribution is 7.22. The van der Waals surface area contributed by atoms with Gasteiger partial charge < -0.3 is 9.80 Å². The van der Waals surface area contributed by atoms with Gasteiger partial charge in [0.2, 0.25) is 5.91 Å².